The van der Waals surface area contributed by atoms with Gasteiger partial charge in [-0.15, -0.1) is 0 Å². The smallest absolute Gasteiger partial charge is 0.157 e. The van der Waals surface area contributed by atoms with Gasteiger partial charge in [0.05, 0.1) is 5.69 Å². The summed E-state index contributed by atoms with van der Waals surface area (Å²) >= 11 is 0. The number of hydrogen-bond acceptors (Lipinski definition) is 3. The Hall–Kier alpha value is -2.27. The zero-order valence-electron chi connectivity index (χ0n) is 12.1. The summed E-state index contributed by atoms with van der Waals surface area (Å²) in [6, 6.07) is 8.72. The van der Waals surface area contributed by atoms with Gasteiger partial charge in [0.15, 0.2) is 5.65 Å². The van der Waals surface area contributed by atoms with E-state index in [0.717, 1.165) is 27.9 Å². The number of rotatable bonds is 4. The number of pyridine rings is 1. The van der Waals surface area contributed by atoms with E-state index < -0.39 is 0 Å². The Morgan fingerprint density at radius 2 is 2.00 bits per heavy atom. The molecule has 0 saturated heterocycles. The van der Waals surface area contributed by atoms with Crippen LogP contribution in [-0.4, -0.2) is 14.8 Å². The van der Waals surface area contributed by atoms with Crippen molar-refractivity contribution in [3.8, 4) is 0 Å². The topological polar surface area (TPSA) is 42.7 Å². The van der Waals surface area contributed by atoms with Crippen molar-refractivity contribution in [1.82, 2.24) is 20.1 Å². The largest absolute Gasteiger partial charge is 0.309 e. The Morgan fingerprint density at radius 1 is 1.19 bits per heavy atom. The Bertz CT molecular complexity index is 779. The maximum absolute atomic E-state index is 13.1. The van der Waals surface area contributed by atoms with Crippen LogP contribution in [0.4, 0.5) is 4.39 Å². The fourth-order valence-corrected chi connectivity index (χ4v) is 2.45. The second kappa shape index (κ2) is 5.61. The van der Waals surface area contributed by atoms with Crippen LogP contribution in [0.5, 0.6) is 0 Å². The Balaban J connectivity index is 1.69. The molecule has 0 spiro atoms. The Kier molecular flexibility index (Phi) is 3.66. The average molecular weight is 284 g/mol. The number of aromatic nitrogens is 3. The molecule has 0 radical (unpaired) electrons. The molecule has 3 rings (SSSR count). The highest BCUT2D eigenvalue weighted by molar-refractivity contribution is 5.78. The third kappa shape index (κ3) is 2.92. The van der Waals surface area contributed by atoms with Crippen LogP contribution >= 0.6 is 0 Å². The lowest BCUT2D eigenvalue weighted by Gasteiger charge is -2.05. The molecule has 4 nitrogen and oxygen atoms in total. The van der Waals surface area contributed by atoms with Crippen LogP contribution in [0.1, 0.15) is 16.8 Å². The van der Waals surface area contributed by atoms with E-state index in [4.69, 9.17) is 0 Å². The maximum Gasteiger partial charge on any atom is 0.157 e. The number of hydrogen-bond donors (Lipinski definition) is 1. The zero-order chi connectivity index (χ0) is 14.8. The van der Waals surface area contributed by atoms with Gasteiger partial charge in [0.25, 0.3) is 0 Å². The fourth-order valence-electron chi connectivity index (χ4n) is 2.45. The van der Waals surface area contributed by atoms with Crippen LogP contribution in [0.2, 0.25) is 0 Å². The molecule has 5 heteroatoms. The van der Waals surface area contributed by atoms with E-state index in [2.05, 4.69) is 21.5 Å². The molecule has 0 amide bonds. The average Bonchev–Trinajstić information content (AvgIpc) is 2.74. The van der Waals surface area contributed by atoms with Crippen molar-refractivity contribution in [3.05, 3.63) is 59.2 Å². The molecular formula is C16H17FN4. The van der Waals surface area contributed by atoms with Crippen LogP contribution < -0.4 is 5.32 Å². The number of benzene rings is 1. The number of nitrogens with one attached hydrogen (secondary N) is 1. The number of halogens is 1. The van der Waals surface area contributed by atoms with Gasteiger partial charge in [0, 0.05) is 31.7 Å². The summed E-state index contributed by atoms with van der Waals surface area (Å²) in [7, 11) is 1.89. The highest BCUT2D eigenvalue weighted by Crippen LogP contribution is 2.16. The molecule has 0 atom stereocenters. The Labute approximate surface area is 122 Å². The van der Waals surface area contributed by atoms with Gasteiger partial charge in [-0.05, 0) is 36.2 Å². The number of aryl methyl sites for hydroxylation is 2. The first-order valence-electron chi connectivity index (χ1n) is 6.87. The first kappa shape index (κ1) is 13.7. The minimum Gasteiger partial charge on any atom is -0.309 e. The van der Waals surface area contributed by atoms with E-state index in [1.807, 2.05) is 26.2 Å². The van der Waals surface area contributed by atoms with Crippen molar-refractivity contribution in [1.29, 1.82) is 0 Å². The van der Waals surface area contributed by atoms with Crippen molar-refractivity contribution in [2.24, 2.45) is 7.05 Å². The molecule has 0 aliphatic heterocycles. The van der Waals surface area contributed by atoms with Crippen LogP contribution in [-0.2, 0) is 20.1 Å². The summed E-state index contributed by atoms with van der Waals surface area (Å²) in [5, 5.41) is 8.74. The summed E-state index contributed by atoms with van der Waals surface area (Å²) < 4.78 is 14.9. The normalized spacial score (nSPS) is 11.2. The van der Waals surface area contributed by atoms with Gasteiger partial charge in [-0.2, -0.15) is 5.10 Å². The highest BCUT2D eigenvalue weighted by atomic mass is 19.1. The predicted molar refractivity (Wildman–Crippen MR) is 80.2 cm³/mol. The molecule has 1 N–H and O–H groups in total. The molecule has 0 fully saturated rings. The van der Waals surface area contributed by atoms with Gasteiger partial charge in [0.2, 0.25) is 0 Å². The summed E-state index contributed by atoms with van der Waals surface area (Å²) in [5.41, 5.74) is 3.89. The Morgan fingerprint density at radius 3 is 2.81 bits per heavy atom. The molecule has 2 aromatic heterocycles. The van der Waals surface area contributed by atoms with E-state index in [1.165, 1.54) is 6.07 Å². The molecule has 0 unspecified atom stereocenters. The monoisotopic (exact) mass is 284 g/mol. The first-order chi connectivity index (χ1) is 10.1. The zero-order valence-corrected chi connectivity index (χ0v) is 12.1. The molecule has 2 heterocycles. The fraction of sp³-hybridized carbons (Fsp3) is 0.250. The lowest BCUT2D eigenvalue weighted by atomic mass is 10.2. The van der Waals surface area contributed by atoms with Gasteiger partial charge >= 0.3 is 0 Å². The molecular weight excluding hydrogens is 267 g/mol. The lowest BCUT2D eigenvalue weighted by molar-refractivity contribution is 0.620. The van der Waals surface area contributed by atoms with E-state index in [9.17, 15) is 4.39 Å². The van der Waals surface area contributed by atoms with Crippen molar-refractivity contribution in [2.75, 3.05) is 0 Å². The number of nitrogens with zero attached hydrogens (tertiary/aromatic N) is 3. The summed E-state index contributed by atoms with van der Waals surface area (Å²) in [4.78, 5) is 4.44. The van der Waals surface area contributed by atoms with Gasteiger partial charge in [-0.25, -0.2) is 9.37 Å². The van der Waals surface area contributed by atoms with Crippen molar-refractivity contribution in [2.45, 2.75) is 20.0 Å². The van der Waals surface area contributed by atoms with Crippen LogP contribution in [0, 0.1) is 12.7 Å². The molecule has 108 valence electrons. The third-order valence-electron chi connectivity index (χ3n) is 3.47. The van der Waals surface area contributed by atoms with Crippen molar-refractivity contribution >= 4 is 11.0 Å². The summed E-state index contributed by atoms with van der Waals surface area (Å²) in [5.74, 6) is -0.205. The molecule has 0 bridgehead atoms. The van der Waals surface area contributed by atoms with Gasteiger partial charge in [0.1, 0.15) is 5.82 Å². The molecule has 1 aromatic carbocycles. The molecule has 0 saturated carbocycles. The molecule has 0 aliphatic carbocycles. The summed E-state index contributed by atoms with van der Waals surface area (Å²) in [6.07, 6.45) is 1.85. The molecule has 0 aliphatic rings. The van der Waals surface area contributed by atoms with Crippen LogP contribution in [0.15, 0.2) is 36.5 Å². The van der Waals surface area contributed by atoms with E-state index in [0.29, 0.717) is 13.1 Å². The van der Waals surface area contributed by atoms with Gasteiger partial charge in [-0.1, -0.05) is 12.1 Å². The summed E-state index contributed by atoms with van der Waals surface area (Å²) in [6.45, 7) is 3.30. The van der Waals surface area contributed by atoms with Crippen molar-refractivity contribution in [3.63, 3.8) is 0 Å². The van der Waals surface area contributed by atoms with E-state index in [1.54, 1.807) is 16.8 Å². The molecule has 3 aromatic rings. The second-order valence-electron chi connectivity index (χ2n) is 5.16. The second-order valence-corrected chi connectivity index (χ2v) is 5.16. The maximum atomic E-state index is 13.1. The third-order valence-corrected chi connectivity index (χ3v) is 3.47. The van der Waals surface area contributed by atoms with E-state index >= 15 is 0 Å². The van der Waals surface area contributed by atoms with Crippen LogP contribution in [0.25, 0.3) is 11.0 Å². The van der Waals surface area contributed by atoms with Crippen LogP contribution in [0.3, 0.4) is 0 Å². The van der Waals surface area contributed by atoms with E-state index in [-0.39, 0.29) is 5.82 Å². The van der Waals surface area contributed by atoms with Gasteiger partial charge in [-0.3, -0.25) is 4.68 Å². The minimum atomic E-state index is -0.205. The number of fused-ring (bicyclic) bond motifs is 1. The molecule has 21 heavy (non-hydrogen) atoms. The standard InChI is InChI=1S/C16H17FN4/c1-11-15-7-13(10-19-16(15)21(2)20-11)9-18-8-12-4-3-5-14(17)6-12/h3-7,10,18H,8-9H2,1-2H3. The quantitative estimate of drug-likeness (QED) is 0.801. The predicted octanol–water partition coefficient (Wildman–Crippen LogP) is 2.71. The highest BCUT2D eigenvalue weighted by Gasteiger charge is 2.06. The lowest BCUT2D eigenvalue weighted by Crippen LogP contribution is -2.13. The first-order valence-corrected chi connectivity index (χ1v) is 6.87. The van der Waals surface area contributed by atoms with Crippen molar-refractivity contribution < 1.29 is 4.39 Å². The minimum absolute atomic E-state index is 0.205. The van der Waals surface area contributed by atoms with Gasteiger partial charge < -0.3 is 5.32 Å². The SMILES string of the molecule is Cc1nn(C)c2ncc(CNCc3cccc(F)c3)cc12.